The van der Waals surface area contributed by atoms with Crippen LogP contribution < -0.4 is 0 Å². The van der Waals surface area contributed by atoms with Gasteiger partial charge in [0.1, 0.15) is 5.76 Å². The second kappa shape index (κ2) is 7.71. The highest BCUT2D eigenvalue weighted by atomic mass is 19.1. The summed E-state index contributed by atoms with van der Waals surface area (Å²) in [7, 11) is 0. The van der Waals surface area contributed by atoms with Crippen molar-refractivity contribution < 1.29 is 8.91 Å². The van der Waals surface area contributed by atoms with Crippen molar-refractivity contribution in [3.63, 3.8) is 0 Å². The average Bonchev–Trinajstić information content (AvgIpc) is 3.50. The number of aromatic nitrogens is 6. The first kappa shape index (κ1) is 20.1. The summed E-state index contributed by atoms with van der Waals surface area (Å²) in [6.45, 7) is 7.37. The molecule has 0 saturated carbocycles. The van der Waals surface area contributed by atoms with E-state index in [1.807, 2.05) is 44.4 Å². The van der Waals surface area contributed by atoms with Crippen LogP contribution in [0.25, 0.3) is 33.3 Å². The highest BCUT2D eigenvalue weighted by Crippen LogP contribution is 2.36. The van der Waals surface area contributed by atoms with E-state index in [4.69, 9.17) is 9.51 Å². The maximum absolute atomic E-state index is 13.8. The normalized spacial score (nSPS) is 13.5. The molecule has 0 amide bonds. The van der Waals surface area contributed by atoms with E-state index < -0.39 is 6.30 Å². The van der Waals surface area contributed by atoms with Crippen molar-refractivity contribution in [2.75, 3.05) is 0 Å². The van der Waals surface area contributed by atoms with Gasteiger partial charge in [0.25, 0.3) is 0 Å². The number of fused-ring (bicyclic) bond motifs is 1. The van der Waals surface area contributed by atoms with Gasteiger partial charge in [-0.05, 0) is 45.9 Å². The second-order valence-corrected chi connectivity index (χ2v) is 7.95. The number of pyridine rings is 2. The molecular weight excluding hydrogens is 407 g/mol. The maximum atomic E-state index is 13.8. The zero-order valence-corrected chi connectivity index (χ0v) is 18.3. The molecule has 5 aromatic heterocycles. The summed E-state index contributed by atoms with van der Waals surface area (Å²) in [5.41, 5.74) is 7.08. The van der Waals surface area contributed by atoms with Gasteiger partial charge in [-0.1, -0.05) is 11.2 Å². The summed E-state index contributed by atoms with van der Waals surface area (Å²) in [5, 5.41) is 8.25. The lowest BCUT2D eigenvalue weighted by Crippen LogP contribution is -2.07. The minimum atomic E-state index is -1.20. The molecule has 2 unspecified atom stereocenters. The first-order valence-electron chi connectivity index (χ1n) is 10.5. The minimum absolute atomic E-state index is 0.0377. The van der Waals surface area contributed by atoms with Gasteiger partial charge in [-0.25, -0.2) is 9.07 Å². The highest BCUT2D eigenvalue weighted by molar-refractivity contribution is 5.95. The van der Waals surface area contributed by atoms with Gasteiger partial charge >= 0.3 is 0 Å². The van der Waals surface area contributed by atoms with Crippen LogP contribution in [0.5, 0.6) is 0 Å². The number of hydrogen-bond acceptors (Lipinski definition) is 5. The number of rotatable bonds is 5. The fraction of sp³-hybridized carbons (Fsp3) is 0.250. The van der Waals surface area contributed by atoms with Crippen molar-refractivity contribution in [1.29, 1.82) is 0 Å². The fourth-order valence-electron chi connectivity index (χ4n) is 4.13. The Balaban J connectivity index is 1.73. The molecule has 0 N–H and O–H groups in total. The molecule has 0 aliphatic carbocycles. The van der Waals surface area contributed by atoms with E-state index in [-0.39, 0.29) is 6.04 Å². The predicted octanol–water partition coefficient (Wildman–Crippen LogP) is 5.66. The third-order valence-electron chi connectivity index (χ3n) is 5.80. The minimum Gasteiger partial charge on any atom is -0.361 e. The zero-order valence-electron chi connectivity index (χ0n) is 18.3. The Hall–Kier alpha value is -3.81. The van der Waals surface area contributed by atoms with Crippen LogP contribution in [0.1, 0.15) is 43.3 Å². The summed E-state index contributed by atoms with van der Waals surface area (Å²) in [6.07, 6.45) is 7.83. The lowest BCUT2D eigenvalue weighted by molar-refractivity contribution is 0.245. The van der Waals surface area contributed by atoms with E-state index in [1.54, 1.807) is 18.6 Å². The van der Waals surface area contributed by atoms with E-state index in [1.165, 1.54) is 11.6 Å². The third kappa shape index (κ3) is 3.28. The molecule has 0 saturated heterocycles. The van der Waals surface area contributed by atoms with Gasteiger partial charge in [-0.3, -0.25) is 9.97 Å². The van der Waals surface area contributed by atoms with Crippen molar-refractivity contribution in [3.8, 4) is 22.3 Å². The molecule has 0 fully saturated rings. The molecule has 5 rings (SSSR count). The Morgan fingerprint density at radius 1 is 1.03 bits per heavy atom. The molecule has 2 atom stereocenters. The molecule has 162 valence electrons. The van der Waals surface area contributed by atoms with Crippen LogP contribution in [0.3, 0.4) is 0 Å². The van der Waals surface area contributed by atoms with Gasteiger partial charge in [0, 0.05) is 47.0 Å². The predicted molar refractivity (Wildman–Crippen MR) is 120 cm³/mol. The lowest BCUT2D eigenvalue weighted by Gasteiger charge is -2.15. The van der Waals surface area contributed by atoms with Gasteiger partial charge in [-0.2, -0.15) is 5.10 Å². The molecule has 0 bridgehead atoms. The Labute approximate surface area is 184 Å². The number of alkyl halides is 1. The molecule has 8 heteroatoms. The van der Waals surface area contributed by atoms with Gasteiger partial charge in [0.05, 0.1) is 34.7 Å². The summed E-state index contributed by atoms with van der Waals surface area (Å²) in [5.74, 6) is 0.748. The monoisotopic (exact) mass is 430 g/mol. The van der Waals surface area contributed by atoms with Crippen LogP contribution in [-0.4, -0.2) is 29.5 Å². The molecule has 0 radical (unpaired) electrons. The van der Waals surface area contributed by atoms with Gasteiger partial charge in [0.15, 0.2) is 6.30 Å². The number of aryl methyl sites for hydroxylation is 2. The van der Waals surface area contributed by atoms with Crippen molar-refractivity contribution >= 4 is 11.0 Å². The SMILES string of the molecule is Cc1noc(C)c1-c1cnc2c(-c3cnn(C(C)F)c3)cn(C(C)c3ccccn3)c2c1. The van der Waals surface area contributed by atoms with Crippen LogP contribution >= 0.6 is 0 Å². The quantitative estimate of drug-likeness (QED) is 0.359. The smallest absolute Gasteiger partial charge is 0.188 e. The summed E-state index contributed by atoms with van der Waals surface area (Å²) >= 11 is 0. The Morgan fingerprint density at radius 3 is 2.53 bits per heavy atom. The Morgan fingerprint density at radius 2 is 1.88 bits per heavy atom. The highest BCUT2D eigenvalue weighted by Gasteiger charge is 2.21. The molecule has 5 heterocycles. The van der Waals surface area contributed by atoms with Crippen molar-refractivity contribution in [2.24, 2.45) is 0 Å². The standard InChI is InChI=1S/C24H23FN6O/c1-14-23(16(3)32-29-14)18-9-22-24(27-10-18)20(19-11-28-31(12-19)17(4)25)13-30(22)15(2)21-7-5-6-8-26-21/h5-13,15,17H,1-4H3. The molecule has 5 aromatic rings. The zero-order chi connectivity index (χ0) is 22.4. The van der Waals surface area contributed by atoms with Crippen molar-refractivity contribution in [2.45, 2.75) is 40.0 Å². The van der Waals surface area contributed by atoms with Crippen LogP contribution in [0.4, 0.5) is 4.39 Å². The summed E-state index contributed by atoms with van der Waals surface area (Å²) in [6, 6.07) is 7.94. The van der Waals surface area contributed by atoms with E-state index >= 15 is 0 Å². The molecule has 32 heavy (non-hydrogen) atoms. The number of hydrogen-bond donors (Lipinski definition) is 0. The molecule has 0 spiro atoms. The first-order valence-corrected chi connectivity index (χ1v) is 10.5. The van der Waals surface area contributed by atoms with Gasteiger partial charge in [-0.15, -0.1) is 0 Å². The van der Waals surface area contributed by atoms with Crippen LogP contribution in [0.2, 0.25) is 0 Å². The van der Waals surface area contributed by atoms with Gasteiger partial charge < -0.3 is 9.09 Å². The van der Waals surface area contributed by atoms with E-state index in [0.29, 0.717) is 0 Å². The second-order valence-electron chi connectivity index (χ2n) is 7.95. The van der Waals surface area contributed by atoms with E-state index in [0.717, 1.165) is 50.4 Å². The molecule has 0 aliphatic heterocycles. The van der Waals surface area contributed by atoms with E-state index in [9.17, 15) is 4.39 Å². The molecule has 7 nitrogen and oxygen atoms in total. The van der Waals surface area contributed by atoms with Crippen molar-refractivity contribution in [3.05, 3.63) is 72.4 Å². The van der Waals surface area contributed by atoms with E-state index in [2.05, 4.69) is 32.8 Å². The topological polar surface area (TPSA) is 74.6 Å². The largest absolute Gasteiger partial charge is 0.361 e. The Kier molecular flexibility index (Phi) is 4.84. The van der Waals surface area contributed by atoms with Gasteiger partial charge in [0.2, 0.25) is 0 Å². The van der Waals surface area contributed by atoms with Crippen LogP contribution in [0, 0.1) is 13.8 Å². The Bertz CT molecular complexity index is 1380. The average molecular weight is 430 g/mol. The number of nitrogens with zero attached hydrogens (tertiary/aromatic N) is 6. The molecular formula is C24H23FN6O. The third-order valence-corrected chi connectivity index (χ3v) is 5.80. The molecule has 0 aliphatic rings. The fourth-order valence-corrected chi connectivity index (χ4v) is 4.13. The number of halogens is 1. The summed E-state index contributed by atoms with van der Waals surface area (Å²) in [4.78, 5) is 9.34. The maximum Gasteiger partial charge on any atom is 0.188 e. The van der Waals surface area contributed by atoms with Crippen molar-refractivity contribution in [1.82, 2.24) is 29.5 Å². The van der Waals surface area contributed by atoms with Crippen LogP contribution in [0.15, 0.2) is 59.8 Å². The summed E-state index contributed by atoms with van der Waals surface area (Å²) < 4.78 is 22.6. The van der Waals surface area contributed by atoms with Crippen LogP contribution in [-0.2, 0) is 0 Å². The lowest BCUT2D eigenvalue weighted by atomic mass is 10.1. The first-order chi connectivity index (χ1) is 15.4. The molecule has 0 aromatic carbocycles.